The Balaban J connectivity index is 2.48. The van der Waals surface area contributed by atoms with E-state index >= 15 is 0 Å². The molecule has 1 aliphatic rings. The van der Waals surface area contributed by atoms with Crippen molar-refractivity contribution in [2.24, 2.45) is 0 Å². The Morgan fingerprint density at radius 1 is 1.58 bits per heavy atom. The molecule has 0 atom stereocenters. The quantitative estimate of drug-likeness (QED) is 0.579. The number of aryl methyl sites for hydroxylation is 1. The maximum absolute atomic E-state index is 11.5. The molecule has 0 spiro atoms. The van der Waals surface area contributed by atoms with E-state index in [0.717, 1.165) is 30.0 Å². The van der Waals surface area contributed by atoms with E-state index in [-0.39, 0.29) is 5.91 Å². The first kappa shape index (κ1) is 7.40. The SMILES string of the molecule is Cc1cc2c(o1)CCN(C)C2=O. The van der Waals surface area contributed by atoms with Crippen molar-refractivity contribution in [3.05, 3.63) is 23.2 Å². The van der Waals surface area contributed by atoms with E-state index in [1.165, 1.54) is 0 Å². The lowest BCUT2D eigenvalue weighted by Crippen LogP contribution is -2.33. The van der Waals surface area contributed by atoms with Gasteiger partial charge in [-0.2, -0.15) is 0 Å². The number of fused-ring (bicyclic) bond motifs is 1. The highest BCUT2D eigenvalue weighted by Gasteiger charge is 2.24. The third-order valence-electron chi connectivity index (χ3n) is 2.18. The fourth-order valence-electron chi connectivity index (χ4n) is 1.51. The summed E-state index contributed by atoms with van der Waals surface area (Å²) in [6, 6.07) is 1.81. The third-order valence-corrected chi connectivity index (χ3v) is 2.18. The summed E-state index contributed by atoms with van der Waals surface area (Å²) in [5, 5.41) is 0. The summed E-state index contributed by atoms with van der Waals surface area (Å²) >= 11 is 0. The van der Waals surface area contributed by atoms with Gasteiger partial charge in [0.05, 0.1) is 5.56 Å². The largest absolute Gasteiger partial charge is 0.465 e. The molecule has 64 valence electrons. The van der Waals surface area contributed by atoms with Gasteiger partial charge >= 0.3 is 0 Å². The van der Waals surface area contributed by atoms with Gasteiger partial charge in [-0.3, -0.25) is 4.79 Å². The molecule has 0 aromatic carbocycles. The Labute approximate surface area is 71.0 Å². The molecular formula is C9H11NO2. The van der Waals surface area contributed by atoms with Gasteiger partial charge in [-0.15, -0.1) is 0 Å². The van der Waals surface area contributed by atoms with Crippen LogP contribution < -0.4 is 0 Å². The minimum Gasteiger partial charge on any atom is -0.465 e. The van der Waals surface area contributed by atoms with Crippen LogP contribution >= 0.6 is 0 Å². The average molecular weight is 165 g/mol. The van der Waals surface area contributed by atoms with Crippen molar-refractivity contribution in [2.45, 2.75) is 13.3 Å². The lowest BCUT2D eigenvalue weighted by molar-refractivity contribution is 0.0775. The van der Waals surface area contributed by atoms with Gasteiger partial charge in [0.25, 0.3) is 5.91 Å². The number of amides is 1. The predicted octanol–water partition coefficient (Wildman–Crippen LogP) is 1.22. The van der Waals surface area contributed by atoms with Crippen molar-refractivity contribution in [1.29, 1.82) is 0 Å². The molecule has 12 heavy (non-hydrogen) atoms. The van der Waals surface area contributed by atoms with E-state index in [0.29, 0.717) is 0 Å². The number of nitrogens with zero attached hydrogens (tertiary/aromatic N) is 1. The van der Waals surface area contributed by atoms with Crippen LogP contribution in [0.4, 0.5) is 0 Å². The maximum atomic E-state index is 11.5. The van der Waals surface area contributed by atoms with Crippen LogP contribution in [-0.2, 0) is 6.42 Å². The standard InChI is InChI=1S/C9H11NO2/c1-6-5-7-8(12-6)3-4-10(2)9(7)11/h5H,3-4H2,1-2H3. The molecular weight excluding hydrogens is 154 g/mol. The van der Waals surface area contributed by atoms with Crippen LogP contribution in [0.5, 0.6) is 0 Å². The van der Waals surface area contributed by atoms with Gasteiger partial charge in [-0.05, 0) is 13.0 Å². The van der Waals surface area contributed by atoms with E-state index < -0.39 is 0 Å². The number of hydrogen-bond donors (Lipinski definition) is 0. The smallest absolute Gasteiger partial charge is 0.257 e. The average Bonchev–Trinajstić information content (AvgIpc) is 2.39. The summed E-state index contributed by atoms with van der Waals surface area (Å²) in [5.74, 6) is 1.74. The minimum atomic E-state index is 0.0769. The van der Waals surface area contributed by atoms with Crippen LogP contribution in [0.2, 0.25) is 0 Å². The first-order chi connectivity index (χ1) is 5.68. The van der Waals surface area contributed by atoms with Crippen molar-refractivity contribution < 1.29 is 9.21 Å². The number of carbonyl (C=O) groups is 1. The van der Waals surface area contributed by atoms with E-state index in [4.69, 9.17) is 4.42 Å². The fourth-order valence-corrected chi connectivity index (χ4v) is 1.51. The predicted molar refractivity (Wildman–Crippen MR) is 44.1 cm³/mol. The number of hydrogen-bond acceptors (Lipinski definition) is 2. The molecule has 2 heterocycles. The van der Waals surface area contributed by atoms with Gasteiger partial charge in [-0.25, -0.2) is 0 Å². The highest BCUT2D eigenvalue weighted by Crippen LogP contribution is 2.21. The van der Waals surface area contributed by atoms with E-state index in [9.17, 15) is 4.79 Å². The zero-order chi connectivity index (χ0) is 8.72. The lowest BCUT2D eigenvalue weighted by Gasteiger charge is -2.20. The van der Waals surface area contributed by atoms with Gasteiger partial charge in [-0.1, -0.05) is 0 Å². The van der Waals surface area contributed by atoms with Crippen molar-refractivity contribution >= 4 is 5.91 Å². The molecule has 0 radical (unpaired) electrons. The normalized spacial score (nSPS) is 16.5. The van der Waals surface area contributed by atoms with Gasteiger partial charge in [0.2, 0.25) is 0 Å². The van der Waals surface area contributed by atoms with Gasteiger partial charge in [0.1, 0.15) is 11.5 Å². The van der Waals surface area contributed by atoms with Crippen LogP contribution in [0.1, 0.15) is 21.9 Å². The topological polar surface area (TPSA) is 33.5 Å². The number of carbonyl (C=O) groups excluding carboxylic acids is 1. The molecule has 1 aromatic heterocycles. The first-order valence-electron chi connectivity index (χ1n) is 4.03. The lowest BCUT2D eigenvalue weighted by atomic mass is 10.1. The molecule has 1 aromatic rings. The number of rotatable bonds is 0. The molecule has 3 nitrogen and oxygen atoms in total. The second-order valence-electron chi connectivity index (χ2n) is 3.17. The summed E-state index contributed by atoms with van der Waals surface area (Å²) < 4.78 is 5.38. The van der Waals surface area contributed by atoms with Crippen molar-refractivity contribution in [2.75, 3.05) is 13.6 Å². The van der Waals surface area contributed by atoms with Crippen LogP contribution in [0.25, 0.3) is 0 Å². The third kappa shape index (κ3) is 0.932. The van der Waals surface area contributed by atoms with Gasteiger partial charge in [0, 0.05) is 20.0 Å². The monoisotopic (exact) mass is 165 g/mol. The first-order valence-corrected chi connectivity index (χ1v) is 4.03. The van der Waals surface area contributed by atoms with E-state index in [1.807, 2.05) is 20.0 Å². The molecule has 0 saturated carbocycles. The Morgan fingerprint density at radius 3 is 3.08 bits per heavy atom. The fraction of sp³-hybridized carbons (Fsp3) is 0.444. The molecule has 0 aliphatic carbocycles. The summed E-state index contributed by atoms with van der Waals surface area (Å²) in [4.78, 5) is 13.2. The molecule has 0 fully saturated rings. The van der Waals surface area contributed by atoms with Gasteiger partial charge in [0.15, 0.2) is 0 Å². The molecule has 1 aliphatic heterocycles. The summed E-state index contributed by atoms with van der Waals surface area (Å²) in [6.07, 6.45) is 0.839. The van der Waals surface area contributed by atoms with Crippen molar-refractivity contribution in [1.82, 2.24) is 4.90 Å². The Kier molecular flexibility index (Phi) is 1.46. The second kappa shape index (κ2) is 2.37. The number of furan rings is 1. The highest BCUT2D eigenvalue weighted by molar-refractivity contribution is 5.96. The Hall–Kier alpha value is -1.25. The zero-order valence-corrected chi connectivity index (χ0v) is 7.26. The van der Waals surface area contributed by atoms with Gasteiger partial charge < -0.3 is 9.32 Å². The minimum absolute atomic E-state index is 0.0769. The second-order valence-corrected chi connectivity index (χ2v) is 3.17. The van der Waals surface area contributed by atoms with Crippen LogP contribution in [0.3, 0.4) is 0 Å². The molecule has 0 bridgehead atoms. The highest BCUT2D eigenvalue weighted by atomic mass is 16.3. The van der Waals surface area contributed by atoms with Crippen LogP contribution in [0, 0.1) is 6.92 Å². The van der Waals surface area contributed by atoms with Crippen molar-refractivity contribution in [3.8, 4) is 0 Å². The van der Waals surface area contributed by atoms with E-state index in [1.54, 1.807) is 4.90 Å². The molecule has 0 N–H and O–H groups in total. The Morgan fingerprint density at radius 2 is 2.33 bits per heavy atom. The van der Waals surface area contributed by atoms with Crippen LogP contribution in [0.15, 0.2) is 10.5 Å². The summed E-state index contributed by atoms with van der Waals surface area (Å²) in [5.41, 5.74) is 0.737. The number of likely N-dealkylation sites (N-methyl/N-ethyl adjacent to an activating group) is 1. The zero-order valence-electron chi connectivity index (χ0n) is 7.26. The maximum Gasteiger partial charge on any atom is 0.257 e. The molecule has 1 amide bonds. The van der Waals surface area contributed by atoms with Crippen LogP contribution in [-0.4, -0.2) is 24.4 Å². The van der Waals surface area contributed by atoms with Crippen molar-refractivity contribution in [3.63, 3.8) is 0 Å². The van der Waals surface area contributed by atoms with E-state index in [2.05, 4.69) is 0 Å². The molecule has 0 unspecified atom stereocenters. The summed E-state index contributed by atoms with van der Waals surface area (Å²) in [6.45, 7) is 2.63. The molecule has 3 heteroatoms. The molecule has 2 rings (SSSR count). The Bertz CT molecular complexity index is 327. The summed E-state index contributed by atoms with van der Waals surface area (Å²) in [7, 11) is 1.81. The molecule has 0 saturated heterocycles.